The molecule has 0 heterocycles. The minimum Gasteiger partial charge on any atom is -0.506 e. The van der Waals surface area contributed by atoms with Crippen LogP contribution in [0.4, 0.5) is 16.2 Å². The molecule has 2 aromatic carbocycles. The van der Waals surface area contributed by atoms with E-state index in [1.165, 1.54) is 6.07 Å². The summed E-state index contributed by atoms with van der Waals surface area (Å²) < 4.78 is 5.87. The summed E-state index contributed by atoms with van der Waals surface area (Å²) in [6.45, 7) is 7.21. The van der Waals surface area contributed by atoms with Crippen LogP contribution >= 0.6 is 15.9 Å². The van der Waals surface area contributed by atoms with Gasteiger partial charge < -0.3 is 31.1 Å². The predicted octanol–water partition coefficient (Wildman–Crippen LogP) is 4.01. The largest absolute Gasteiger partial charge is 0.506 e. The van der Waals surface area contributed by atoms with E-state index in [-0.39, 0.29) is 21.5 Å². The Bertz CT molecular complexity index is 873. The van der Waals surface area contributed by atoms with Crippen LogP contribution < -0.4 is 21.1 Å². The number of nitrogens with two attached hydrogens (primary N) is 1. The number of rotatable bonds is 10. The molecule has 0 aliphatic rings. The van der Waals surface area contributed by atoms with Crippen molar-refractivity contribution in [3.05, 3.63) is 46.4 Å². The smallest absolute Gasteiger partial charge is 0.323 e. The molecule has 0 aliphatic carbocycles. The summed E-state index contributed by atoms with van der Waals surface area (Å²) in [6.07, 6.45) is 0.730. The molecule has 0 atom stereocenters. The van der Waals surface area contributed by atoms with Crippen LogP contribution in [0.5, 0.6) is 11.5 Å². The average Bonchev–Trinajstić information content (AvgIpc) is 2.72. The second-order valence-electron chi connectivity index (χ2n) is 6.50. The Hall–Kier alpha value is -2.78. The Morgan fingerprint density at radius 2 is 1.83 bits per heavy atom. The molecule has 0 unspecified atom stereocenters. The van der Waals surface area contributed by atoms with E-state index in [2.05, 4.69) is 45.3 Å². The van der Waals surface area contributed by atoms with Gasteiger partial charge in [-0.1, -0.05) is 32.0 Å². The maximum absolute atomic E-state index is 12.3. The third kappa shape index (κ3) is 6.36. The standard InChI is InChI=1S/C21H27BrN4O4/c1-3-26(4-2)11-8-12-30-16-13-15(18(22)19(27)17(16)20(23)28)25-21(29)24-14-9-6-5-7-10-14/h5-7,9-10,13,27H,3-4,8,11-12H2,1-2H3,(H2,23,28)(H2,24,25,29). The molecule has 0 bridgehead atoms. The van der Waals surface area contributed by atoms with Gasteiger partial charge in [0.1, 0.15) is 17.1 Å². The van der Waals surface area contributed by atoms with Crippen LogP contribution in [-0.2, 0) is 0 Å². The van der Waals surface area contributed by atoms with E-state index in [0.29, 0.717) is 12.3 Å². The van der Waals surface area contributed by atoms with Crippen molar-refractivity contribution in [2.75, 3.05) is 36.9 Å². The summed E-state index contributed by atoms with van der Waals surface area (Å²) >= 11 is 3.20. The van der Waals surface area contributed by atoms with Crippen LogP contribution in [0, 0.1) is 0 Å². The van der Waals surface area contributed by atoms with Gasteiger partial charge in [0.05, 0.1) is 16.8 Å². The van der Waals surface area contributed by atoms with Crippen LogP contribution in [0.1, 0.15) is 30.6 Å². The molecule has 0 spiro atoms. The van der Waals surface area contributed by atoms with Crippen molar-refractivity contribution in [2.24, 2.45) is 5.73 Å². The van der Waals surface area contributed by atoms with Gasteiger partial charge in [0.15, 0.2) is 0 Å². The van der Waals surface area contributed by atoms with Crippen molar-refractivity contribution in [1.29, 1.82) is 0 Å². The summed E-state index contributed by atoms with van der Waals surface area (Å²) in [5.41, 5.74) is 6.13. The minimum absolute atomic E-state index is 0.109. The van der Waals surface area contributed by atoms with Gasteiger partial charge in [-0.05, 0) is 47.6 Å². The van der Waals surface area contributed by atoms with E-state index >= 15 is 0 Å². The molecule has 8 nitrogen and oxygen atoms in total. The molecule has 0 saturated heterocycles. The molecule has 2 aromatic rings. The predicted molar refractivity (Wildman–Crippen MR) is 121 cm³/mol. The van der Waals surface area contributed by atoms with E-state index in [1.54, 1.807) is 24.3 Å². The van der Waals surface area contributed by atoms with Gasteiger partial charge in [0.2, 0.25) is 0 Å². The lowest BCUT2D eigenvalue weighted by atomic mass is 10.1. The monoisotopic (exact) mass is 478 g/mol. The third-order valence-electron chi connectivity index (χ3n) is 4.50. The molecule has 162 valence electrons. The molecule has 2 rings (SSSR count). The first kappa shape index (κ1) is 23.5. The fraction of sp³-hybridized carbons (Fsp3) is 0.333. The number of urea groups is 1. The Labute approximate surface area is 184 Å². The highest BCUT2D eigenvalue weighted by molar-refractivity contribution is 9.10. The van der Waals surface area contributed by atoms with Gasteiger partial charge >= 0.3 is 6.03 Å². The first-order valence-corrected chi connectivity index (χ1v) is 10.5. The highest BCUT2D eigenvalue weighted by Crippen LogP contribution is 2.41. The summed E-state index contributed by atoms with van der Waals surface area (Å²) in [6, 6.07) is 9.86. The number of ether oxygens (including phenoxy) is 1. The number of benzene rings is 2. The quantitative estimate of drug-likeness (QED) is 0.385. The van der Waals surface area contributed by atoms with Gasteiger partial charge in [-0.2, -0.15) is 0 Å². The zero-order valence-corrected chi connectivity index (χ0v) is 18.7. The number of hydrogen-bond donors (Lipinski definition) is 4. The molecular weight excluding hydrogens is 452 g/mol. The maximum Gasteiger partial charge on any atom is 0.323 e. The Morgan fingerprint density at radius 3 is 2.43 bits per heavy atom. The minimum atomic E-state index is -0.827. The van der Waals surface area contributed by atoms with Crippen molar-refractivity contribution < 1.29 is 19.4 Å². The third-order valence-corrected chi connectivity index (χ3v) is 5.30. The highest BCUT2D eigenvalue weighted by atomic mass is 79.9. The molecular formula is C21H27BrN4O4. The van der Waals surface area contributed by atoms with Crippen LogP contribution in [0.3, 0.4) is 0 Å². The molecule has 3 amide bonds. The summed E-state index contributed by atoms with van der Waals surface area (Å²) in [5.74, 6) is -1.11. The number of aromatic hydroxyl groups is 1. The molecule has 9 heteroatoms. The van der Waals surface area contributed by atoms with Crippen LogP contribution in [0.2, 0.25) is 0 Å². The second kappa shape index (κ2) is 11.4. The average molecular weight is 479 g/mol. The number of carbonyl (C=O) groups excluding carboxylic acids is 2. The maximum atomic E-state index is 12.3. The van der Waals surface area contributed by atoms with Crippen LogP contribution in [0.15, 0.2) is 40.9 Å². The van der Waals surface area contributed by atoms with Crippen molar-refractivity contribution >= 4 is 39.2 Å². The van der Waals surface area contributed by atoms with E-state index in [1.807, 2.05) is 6.07 Å². The summed E-state index contributed by atoms with van der Waals surface area (Å²) in [4.78, 5) is 26.4. The van der Waals surface area contributed by atoms with Gasteiger partial charge in [-0.15, -0.1) is 0 Å². The van der Waals surface area contributed by atoms with Crippen molar-refractivity contribution in [2.45, 2.75) is 20.3 Å². The number of hydrogen-bond acceptors (Lipinski definition) is 5. The normalized spacial score (nSPS) is 10.7. The van der Waals surface area contributed by atoms with Crippen LogP contribution in [-0.4, -0.2) is 48.2 Å². The zero-order valence-electron chi connectivity index (χ0n) is 17.1. The SMILES string of the molecule is CCN(CC)CCCOc1cc(NC(=O)Nc2ccccc2)c(Br)c(O)c1C(N)=O. The van der Waals surface area contributed by atoms with Crippen molar-refractivity contribution in [3.8, 4) is 11.5 Å². The first-order chi connectivity index (χ1) is 14.4. The number of carbonyl (C=O) groups is 2. The summed E-state index contributed by atoms with van der Waals surface area (Å²) in [7, 11) is 0. The molecule has 5 N–H and O–H groups in total. The van der Waals surface area contributed by atoms with Crippen molar-refractivity contribution in [1.82, 2.24) is 4.90 Å². The number of halogens is 1. The number of phenols is 1. The van der Waals surface area contributed by atoms with Crippen molar-refractivity contribution in [3.63, 3.8) is 0 Å². The number of nitrogens with one attached hydrogen (secondary N) is 2. The number of anilines is 2. The topological polar surface area (TPSA) is 117 Å². The second-order valence-corrected chi connectivity index (χ2v) is 7.29. The Morgan fingerprint density at radius 1 is 1.17 bits per heavy atom. The lowest BCUT2D eigenvalue weighted by molar-refractivity contribution is 0.0993. The molecule has 0 aliphatic heterocycles. The van der Waals surface area contributed by atoms with Gasteiger partial charge in [0.25, 0.3) is 5.91 Å². The Kier molecular flexibility index (Phi) is 8.94. The molecule has 0 aromatic heterocycles. The highest BCUT2D eigenvalue weighted by Gasteiger charge is 2.22. The fourth-order valence-corrected chi connectivity index (χ4v) is 3.29. The lowest BCUT2D eigenvalue weighted by Gasteiger charge is -2.19. The van der Waals surface area contributed by atoms with Gasteiger partial charge in [0, 0.05) is 18.3 Å². The summed E-state index contributed by atoms with van der Waals surface area (Å²) in [5, 5.41) is 15.8. The molecule has 0 fully saturated rings. The zero-order chi connectivity index (χ0) is 22.1. The van der Waals surface area contributed by atoms with E-state index in [9.17, 15) is 14.7 Å². The number of nitrogens with zero attached hydrogens (tertiary/aromatic N) is 1. The first-order valence-electron chi connectivity index (χ1n) is 9.70. The number of para-hydroxylation sites is 1. The van der Waals surface area contributed by atoms with Gasteiger partial charge in [-0.3, -0.25) is 4.79 Å². The Balaban J connectivity index is 2.16. The van der Waals surface area contributed by atoms with E-state index < -0.39 is 17.7 Å². The number of amides is 3. The van der Waals surface area contributed by atoms with Crippen LogP contribution in [0.25, 0.3) is 0 Å². The molecule has 30 heavy (non-hydrogen) atoms. The fourth-order valence-electron chi connectivity index (χ4n) is 2.88. The lowest BCUT2D eigenvalue weighted by Crippen LogP contribution is -2.25. The van der Waals surface area contributed by atoms with Gasteiger partial charge in [-0.25, -0.2) is 4.79 Å². The number of primary amides is 1. The van der Waals surface area contributed by atoms with E-state index in [0.717, 1.165) is 26.1 Å². The molecule has 0 saturated carbocycles. The molecule has 0 radical (unpaired) electrons. The van der Waals surface area contributed by atoms with E-state index in [4.69, 9.17) is 10.5 Å².